The van der Waals surface area contributed by atoms with Crippen LogP contribution in [0.4, 0.5) is 5.95 Å². The molecule has 1 saturated heterocycles. The average Bonchev–Trinajstić information content (AvgIpc) is 2.98. The zero-order valence-electron chi connectivity index (χ0n) is 9.36. The molecule has 3 rings (SSSR count). The van der Waals surface area contributed by atoms with Crippen molar-refractivity contribution >= 4 is 49.1 Å². The quantitative estimate of drug-likeness (QED) is 0.823. The molecule has 1 aliphatic rings. The second kappa shape index (κ2) is 4.92. The van der Waals surface area contributed by atoms with E-state index < -0.39 is 0 Å². The molecule has 0 aromatic carbocycles. The minimum absolute atomic E-state index is 0.231. The van der Waals surface area contributed by atoms with E-state index in [0.29, 0.717) is 0 Å². The van der Waals surface area contributed by atoms with E-state index in [2.05, 4.69) is 51.9 Å². The van der Waals surface area contributed by atoms with Gasteiger partial charge in [0.1, 0.15) is 0 Å². The van der Waals surface area contributed by atoms with Crippen LogP contribution in [0.1, 0.15) is 6.42 Å². The van der Waals surface area contributed by atoms with Gasteiger partial charge >= 0.3 is 0 Å². The summed E-state index contributed by atoms with van der Waals surface area (Å²) in [6.45, 7) is 1.75. The van der Waals surface area contributed by atoms with Crippen LogP contribution < -0.4 is 10.6 Å². The van der Waals surface area contributed by atoms with Crippen molar-refractivity contribution in [3.63, 3.8) is 0 Å². The Labute approximate surface area is 125 Å². The highest BCUT2D eigenvalue weighted by Gasteiger charge is 2.23. The summed E-state index contributed by atoms with van der Waals surface area (Å²) in [6, 6.07) is 2.25. The number of halogens is 2. The van der Waals surface area contributed by atoms with Crippen LogP contribution >= 0.6 is 43.2 Å². The number of aromatic amines is 1. The minimum Gasteiger partial charge on any atom is -0.338 e. The van der Waals surface area contributed by atoms with Crippen LogP contribution in [0.5, 0.6) is 0 Å². The van der Waals surface area contributed by atoms with Gasteiger partial charge in [-0.1, -0.05) is 0 Å². The van der Waals surface area contributed by atoms with E-state index in [-0.39, 0.29) is 6.04 Å². The fourth-order valence-electron chi connectivity index (χ4n) is 1.99. The van der Waals surface area contributed by atoms with Gasteiger partial charge in [0.2, 0.25) is 5.95 Å². The number of rotatable bonds is 2. The Morgan fingerprint density at radius 3 is 2.94 bits per heavy atom. The van der Waals surface area contributed by atoms with Crippen LogP contribution in [0.15, 0.2) is 13.6 Å². The maximum absolute atomic E-state index is 5.89. The van der Waals surface area contributed by atoms with Crippen molar-refractivity contribution in [2.45, 2.75) is 12.5 Å². The number of anilines is 1. The summed E-state index contributed by atoms with van der Waals surface area (Å²) < 4.78 is 2.10. The van der Waals surface area contributed by atoms with Crippen LogP contribution in [0.25, 0.3) is 11.4 Å². The Morgan fingerprint density at radius 2 is 2.33 bits per heavy atom. The van der Waals surface area contributed by atoms with Crippen molar-refractivity contribution in [1.82, 2.24) is 15.2 Å². The second-order valence-electron chi connectivity index (χ2n) is 4.22. The molecule has 96 valence electrons. The van der Waals surface area contributed by atoms with Crippen LogP contribution in [-0.2, 0) is 0 Å². The summed E-state index contributed by atoms with van der Waals surface area (Å²) in [7, 11) is 0. The summed E-state index contributed by atoms with van der Waals surface area (Å²) in [4.78, 5) is 6.64. The van der Waals surface area contributed by atoms with Crippen LogP contribution in [0, 0.1) is 0 Å². The molecule has 1 fully saturated rings. The minimum atomic E-state index is 0.231. The topological polar surface area (TPSA) is 70.8 Å². The fraction of sp³-hybridized carbons (Fsp3) is 0.400. The highest BCUT2D eigenvalue weighted by molar-refractivity contribution is 9.12. The maximum Gasteiger partial charge on any atom is 0.245 e. The molecule has 0 radical (unpaired) electrons. The molecular formula is C10H11Br2N5S. The van der Waals surface area contributed by atoms with Gasteiger partial charge in [-0.2, -0.15) is 4.98 Å². The first kappa shape index (κ1) is 12.6. The number of nitrogens with one attached hydrogen (secondary N) is 1. The molecule has 8 heteroatoms. The SMILES string of the molecule is NC1CCN(c2n[nH]c(-c3cc(Br)sc3Br)n2)C1. The number of nitrogens with two attached hydrogens (primary N) is 1. The molecule has 18 heavy (non-hydrogen) atoms. The highest BCUT2D eigenvalue weighted by Crippen LogP contribution is 2.37. The smallest absolute Gasteiger partial charge is 0.245 e. The third-order valence-corrected chi connectivity index (χ3v) is 5.23. The summed E-state index contributed by atoms with van der Waals surface area (Å²) in [5, 5.41) is 7.24. The van der Waals surface area contributed by atoms with Gasteiger partial charge in [-0.3, -0.25) is 5.10 Å². The number of nitrogens with zero attached hydrogens (tertiary/aromatic N) is 3. The molecule has 0 bridgehead atoms. The molecule has 0 saturated carbocycles. The molecule has 2 aromatic heterocycles. The summed E-state index contributed by atoms with van der Waals surface area (Å²) in [5.41, 5.74) is 6.91. The van der Waals surface area contributed by atoms with Gasteiger partial charge < -0.3 is 10.6 Å². The summed E-state index contributed by atoms with van der Waals surface area (Å²) in [6.07, 6.45) is 0.998. The standard InChI is InChI=1S/C10H11Br2N5S/c11-7-3-6(8(12)18-7)9-14-10(16-15-9)17-2-1-5(13)4-17/h3,5H,1-2,4,13H2,(H,14,15,16). The molecule has 2 aromatic rings. The van der Waals surface area contributed by atoms with Crippen molar-refractivity contribution in [2.24, 2.45) is 5.73 Å². The van der Waals surface area contributed by atoms with Crippen LogP contribution in [0.2, 0.25) is 0 Å². The van der Waals surface area contributed by atoms with Gasteiger partial charge in [0.25, 0.3) is 0 Å². The first-order chi connectivity index (χ1) is 8.63. The van der Waals surface area contributed by atoms with Gasteiger partial charge in [0.15, 0.2) is 5.82 Å². The predicted octanol–water partition coefficient (Wildman–Crippen LogP) is 2.60. The number of H-pyrrole nitrogens is 1. The lowest BCUT2D eigenvalue weighted by atomic mass is 10.3. The first-order valence-corrected chi connectivity index (χ1v) is 7.92. The molecular weight excluding hydrogens is 382 g/mol. The predicted molar refractivity (Wildman–Crippen MR) is 79.9 cm³/mol. The maximum atomic E-state index is 5.89. The van der Waals surface area contributed by atoms with E-state index in [4.69, 9.17) is 5.73 Å². The highest BCUT2D eigenvalue weighted by atomic mass is 79.9. The summed E-state index contributed by atoms with van der Waals surface area (Å²) in [5.74, 6) is 1.51. The number of thiophene rings is 1. The Kier molecular flexibility index (Phi) is 3.44. The van der Waals surface area contributed by atoms with Gasteiger partial charge in [-0.05, 0) is 44.3 Å². The molecule has 5 nitrogen and oxygen atoms in total. The van der Waals surface area contributed by atoms with Crippen molar-refractivity contribution in [3.05, 3.63) is 13.6 Å². The van der Waals surface area contributed by atoms with Crippen molar-refractivity contribution < 1.29 is 0 Å². The van der Waals surface area contributed by atoms with Crippen LogP contribution in [-0.4, -0.2) is 34.3 Å². The summed E-state index contributed by atoms with van der Waals surface area (Å²) >= 11 is 8.60. The fourth-order valence-corrected chi connectivity index (χ4v) is 4.79. The normalized spacial score (nSPS) is 19.7. The number of aromatic nitrogens is 3. The number of hydrogen-bond acceptors (Lipinski definition) is 5. The molecule has 0 amide bonds. The lowest BCUT2D eigenvalue weighted by molar-refractivity contribution is 0.750. The molecule has 3 heterocycles. The van der Waals surface area contributed by atoms with E-state index in [1.165, 1.54) is 0 Å². The van der Waals surface area contributed by atoms with Gasteiger partial charge in [-0.25, -0.2) is 0 Å². The third kappa shape index (κ3) is 2.34. The van der Waals surface area contributed by atoms with Crippen LogP contribution in [0.3, 0.4) is 0 Å². The Morgan fingerprint density at radius 1 is 1.50 bits per heavy atom. The second-order valence-corrected chi connectivity index (χ2v) is 7.97. The molecule has 1 aliphatic heterocycles. The molecule has 0 aliphatic carbocycles. The molecule has 0 spiro atoms. The Bertz CT molecular complexity index is 566. The molecule has 3 N–H and O–H groups in total. The lowest BCUT2D eigenvalue weighted by Crippen LogP contribution is -2.26. The van der Waals surface area contributed by atoms with E-state index in [1.54, 1.807) is 11.3 Å². The average molecular weight is 393 g/mol. The van der Waals surface area contributed by atoms with E-state index in [1.807, 2.05) is 6.07 Å². The van der Waals surface area contributed by atoms with E-state index >= 15 is 0 Å². The Hall–Kier alpha value is -0.440. The third-order valence-electron chi connectivity index (χ3n) is 2.89. The van der Waals surface area contributed by atoms with E-state index in [9.17, 15) is 0 Å². The van der Waals surface area contributed by atoms with Gasteiger partial charge in [0, 0.05) is 24.7 Å². The zero-order chi connectivity index (χ0) is 12.7. The first-order valence-electron chi connectivity index (χ1n) is 5.51. The Balaban J connectivity index is 1.87. The van der Waals surface area contributed by atoms with E-state index in [0.717, 1.165) is 44.4 Å². The van der Waals surface area contributed by atoms with Gasteiger partial charge in [-0.15, -0.1) is 16.4 Å². The van der Waals surface area contributed by atoms with Crippen molar-refractivity contribution in [2.75, 3.05) is 18.0 Å². The molecule has 1 atom stereocenters. The zero-order valence-corrected chi connectivity index (χ0v) is 13.3. The molecule has 1 unspecified atom stereocenters. The lowest BCUT2D eigenvalue weighted by Gasteiger charge is -2.11. The monoisotopic (exact) mass is 391 g/mol. The van der Waals surface area contributed by atoms with Gasteiger partial charge in [0.05, 0.1) is 7.57 Å². The van der Waals surface area contributed by atoms with Crippen molar-refractivity contribution in [3.8, 4) is 11.4 Å². The largest absolute Gasteiger partial charge is 0.338 e. The van der Waals surface area contributed by atoms with Crippen molar-refractivity contribution in [1.29, 1.82) is 0 Å². The number of hydrogen-bond donors (Lipinski definition) is 2.